The van der Waals surface area contributed by atoms with E-state index in [0.717, 1.165) is 21.7 Å². The van der Waals surface area contributed by atoms with E-state index in [1.165, 1.54) is 11.3 Å². The summed E-state index contributed by atoms with van der Waals surface area (Å²) >= 11 is 1.38. The number of carbonyl (C=O) groups is 1. The summed E-state index contributed by atoms with van der Waals surface area (Å²) in [6.45, 7) is 10.1. The third kappa shape index (κ3) is 3.04. The molecule has 2 aromatic heterocycles. The lowest BCUT2D eigenvalue weighted by atomic mass is 10.3. The number of hydrogen-bond donors (Lipinski definition) is 0. The zero-order chi connectivity index (χ0) is 13.7. The quantitative estimate of drug-likeness (QED) is 0.786. The number of nitrogens with one attached hydrogen (secondary N) is 1. The van der Waals surface area contributed by atoms with Crippen LogP contribution in [0.2, 0.25) is 0 Å². The molecule has 2 aromatic rings. The number of esters is 1. The molecule has 5 heteroatoms. The summed E-state index contributed by atoms with van der Waals surface area (Å²) in [5.41, 5.74) is 2.78. The van der Waals surface area contributed by atoms with Crippen molar-refractivity contribution in [3.05, 3.63) is 22.3 Å². The Morgan fingerprint density at radius 2 is 2.11 bits per heavy atom. The smallest absolute Gasteiger partial charge is 0.348 e. The van der Waals surface area contributed by atoms with Crippen LogP contribution in [0.3, 0.4) is 0 Å². The Bertz CT molecular complexity index is 510. The molecule has 2 rings (SSSR count). The van der Waals surface area contributed by atoms with Gasteiger partial charge in [-0.3, -0.25) is 0 Å². The Labute approximate surface area is 111 Å². The van der Waals surface area contributed by atoms with Crippen molar-refractivity contribution in [1.29, 1.82) is 0 Å². The molecule has 0 aliphatic heterocycles. The van der Waals surface area contributed by atoms with Gasteiger partial charge in [-0.2, -0.15) is 4.98 Å². The molecule has 0 unspecified atom stereocenters. The fraction of sp³-hybridized carbons (Fsp3) is 0.462. The van der Waals surface area contributed by atoms with Crippen LogP contribution in [-0.2, 0) is 4.74 Å². The van der Waals surface area contributed by atoms with Gasteiger partial charge in [0, 0.05) is 6.92 Å². The monoisotopic (exact) mass is 267 g/mol. The number of aryl methyl sites for hydroxylation is 2. The van der Waals surface area contributed by atoms with Crippen molar-refractivity contribution in [2.45, 2.75) is 34.6 Å². The molecular formula is C13H19N2O2S+. The van der Waals surface area contributed by atoms with Crippen molar-refractivity contribution in [2.75, 3.05) is 6.61 Å². The molecule has 0 atom stereocenters. The highest BCUT2D eigenvalue weighted by Gasteiger charge is 2.17. The topological polar surface area (TPSA) is 53.3 Å². The van der Waals surface area contributed by atoms with E-state index in [4.69, 9.17) is 4.74 Å². The number of ether oxygens (including phenoxy) is 1. The maximum atomic E-state index is 11.5. The number of carbonyl (C=O) groups excluding carboxylic acids is 1. The van der Waals surface area contributed by atoms with E-state index in [1.807, 2.05) is 27.7 Å². The van der Waals surface area contributed by atoms with Gasteiger partial charge in [-0.1, -0.05) is 25.2 Å². The summed E-state index contributed by atoms with van der Waals surface area (Å²) < 4.78 is 4.95. The third-order valence-electron chi connectivity index (χ3n) is 2.32. The molecule has 18 heavy (non-hydrogen) atoms. The average Bonchev–Trinajstić information content (AvgIpc) is 2.76. The van der Waals surface area contributed by atoms with E-state index < -0.39 is 0 Å². The molecule has 0 spiro atoms. The Morgan fingerprint density at radius 1 is 1.44 bits per heavy atom. The maximum Gasteiger partial charge on any atom is 0.348 e. The van der Waals surface area contributed by atoms with Gasteiger partial charge in [-0.15, -0.1) is 0 Å². The predicted octanol–water partition coefficient (Wildman–Crippen LogP) is 2.93. The minimum atomic E-state index is -0.283. The number of thiophene rings is 1. The largest absolute Gasteiger partial charge is 0.462 e. The van der Waals surface area contributed by atoms with Gasteiger partial charge in [0.25, 0.3) is 4.83 Å². The van der Waals surface area contributed by atoms with Gasteiger partial charge in [0.2, 0.25) is 0 Å². The zero-order valence-electron chi connectivity index (χ0n) is 11.5. The number of aromatic amines is 1. The van der Waals surface area contributed by atoms with Crippen LogP contribution in [0.25, 0.3) is 10.3 Å². The van der Waals surface area contributed by atoms with Crippen LogP contribution in [0.5, 0.6) is 0 Å². The van der Waals surface area contributed by atoms with Crippen molar-refractivity contribution in [3.8, 4) is 0 Å². The van der Waals surface area contributed by atoms with Crippen molar-refractivity contribution in [1.82, 2.24) is 4.98 Å². The first-order valence-electron chi connectivity index (χ1n) is 6.09. The Kier molecular flexibility index (Phi) is 5.22. The lowest BCUT2D eigenvalue weighted by Crippen LogP contribution is -2.10. The lowest BCUT2D eigenvalue weighted by molar-refractivity contribution is -0.353. The molecule has 0 saturated heterocycles. The number of aromatic nitrogens is 2. The molecule has 0 aliphatic rings. The lowest BCUT2D eigenvalue weighted by Gasteiger charge is -1.95. The van der Waals surface area contributed by atoms with Gasteiger partial charge < -0.3 is 4.74 Å². The van der Waals surface area contributed by atoms with Crippen LogP contribution in [0.4, 0.5) is 0 Å². The van der Waals surface area contributed by atoms with E-state index >= 15 is 0 Å². The van der Waals surface area contributed by atoms with Crippen LogP contribution >= 0.6 is 11.3 Å². The molecule has 1 N–H and O–H groups in total. The zero-order valence-corrected chi connectivity index (χ0v) is 12.3. The normalized spacial score (nSPS) is 9.83. The number of rotatable bonds is 2. The molecule has 0 fully saturated rings. The molecule has 98 valence electrons. The van der Waals surface area contributed by atoms with E-state index in [9.17, 15) is 4.79 Å². The van der Waals surface area contributed by atoms with Crippen LogP contribution in [0, 0.1) is 13.8 Å². The van der Waals surface area contributed by atoms with E-state index in [0.29, 0.717) is 11.5 Å². The SMILES string of the molecule is CC.CCOC(=O)c1cc2nc(C)c(C)[nH+]c2s1. The van der Waals surface area contributed by atoms with Gasteiger partial charge in [0.1, 0.15) is 16.1 Å². The number of H-pyrrole nitrogens is 1. The van der Waals surface area contributed by atoms with Gasteiger partial charge in [0.05, 0.1) is 6.61 Å². The molecule has 4 nitrogen and oxygen atoms in total. The highest BCUT2D eigenvalue weighted by molar-refractivity contribution is 7.19. The van der Waals surface area contributed by atoms with E-state index in [1.54, 1.807) is 13.0 Å². The fourth-order valence-electron chi connectivity index (χ4n) is 1.38. The van der Waals surface area contributed by atoms with Gasteiger partial charge in [0.15, 0.2) is 5.69 Å². The molecular weight excluding hydrogens is 248 g/mol. The van der Waals surface area contributed by atoms with E-state index in [2.05, 4.69) is 9.97 Å². The number of nitrogens with zero attached hydrogens (tertiary/aromatic N) is 1. The second-order valence-electron chi connectivity index (χ2n) is 3.49. The summed E-state index contributed by atoms with van der Waals surface area (Å²) in [7, 11) is 0. The highest BCUT2D eigenvalue weighted by Crippen LogP contribution is 2.21. The highest BCUT2D eigenvalue weighted by atomic mass is 32.1. The Hall–Kier alpha value is -1.49. The molecule has 2 heterocycles. The Balaban J connectivity index is 0.000000771. The minimum absolute atomic E-state index is 0.283. The first-order valence-corrected chi connectivity index (χ1v) is 6.90. The van der Waals surface area contributed by atoms with Crippen molar-refractivity contribution in [2.24, 2.45) is 0 Å². The molecule has 0 saturated carbocycles. The second kappa shape index (κ2) is 6.44. The van der Waals surface area contributed by atoms with Crippen molar-refractivity contribution in [3.63, 3.8) is 0 Å². The van der Waals surface area contributed by atoms with Gasteiger partial charge >= 0.3 is 5.97 Å². The molecule has 0 bridgehead atoms. The molecule has 0 aromatic carbocycles. The molecule has 0 radical (unpaired) electrons. The predicted molar refractivity (Wildman–Crippen MR) is 73.0 cm³/mol. The maximum absolute atomic E-state index is 11.5. The second-order valence-corrected chi connectivity index (χ2v) is 4.54. The van der Waals surface area contributed by atoms with Crippen LogP contribution in [-0.4, -0.2) is 17.6 Å². The van der Waals surface area contributed by atoms with Crippen LogP contribution in [0.1, 0.15) is 41.8 Å². The van der Waals surface area contributed by atoms with Crippen LogP contribution < -0.4 is 4.98 Å². The summed E-state index contributed by atoms with van der Waals surface area (Å²) in [4.78, 5) is 20.7. The van der Waals surface area contributed by atoms with E-state index in [-0.39, 0.29) is 5.97 Å². The molecule has 0 aliphatic carbocycles. The fourth-order valence-corrected chi connectivity index (χ4v) is 2.33. The number of fused-ring (bicyclic) bond motifs is 1. The van der Waals surface area contributed by atoms with Crippen LogP contribution in [0.15, 0.2) is 6.07 Å². The summed E-state index contributed by atoms with van der Waals surface area (Å²) in [6.07, 6.45) is 0. The number of hydrogen-bond acceptors (Lipinski definition) is 4. The minimum Gasteiger partial charge on any atom is -0.462 e. The first-order chi connectivity index (χ1) is 8.61. The summed E-state index contributed by atoms with van der Waals surface area (Å²) in [5.74, 6) is -0.283. The standard InChI is InChI=1S/C11H12N2O2S.C2H6/c1-4-15-11(14)9-5-8-10(16-9)13-7(3)6(2)12-8;1-2/h5H,4H2,1-3H3;1-2H3/p+1. The first kappa shape index (κ1) is 14.6. The van der Waals surface area contributed by atoms with Gasteiger partial charge in [-0.05, 0) is 19.9 Å². The van der Waals surface area contributed by atoms with Gasteiger partial charge in [-0.25, -0.2) is 9.78 Å². The average molecular weight is 267 g/mol. The third-order valence-corrected chi connectivity index (χ3v) is 3.34. The van der Waals surface area contributed by atoms with Crippen molar-refractivity contribution < 1.29 is 14.5 Å². The Morgan fingerprint density at radius 3 is 2.72 bits per heavy atom. The molecule has 0 amide bonds. The van der Waals surface area contributed by atoms with Crippen molar-refractivity contribution >= 4 is 27.7 Å². The summed E-state index contributed by atoms with van der Waals surface area (Å²) in [5, 5.41) is 0. The summed E-state index contributed by atoms with van der Waals surface area (Å²) in [6, 6.07) is 1.76.